The molecule has 1 aromatic heterocycles. The number of nitrogens with zero attached hydrogens (tertiary/aromatic N) is 3. The lowest BCUT2D eigenvalue weighted by molar-refractivity contribution is 0.139. The minimum absolute atomic E-state index is 0.212. The van der Waals surface area contributed by atoms with E-state index in [4.69, 9.17) is 0 Å². The van der Waals surface area contributed by atoms with Gasteiger partial charge in [-0.2, -0.15) is 0 Å². The van der Waals surface area contributed by atoms with E-state index in [2.05, 4.69) is 26.9 Å². The van der Waals surface area contributed by atoms with Crippen LogP contribution in [0.25, 0.3) is 0 Å². The highest BCUT2D eigenvalue weighted by Gasteiger charge is 2.30. The summed E-state index contributed by atoms with van der Waals surface area (Å²) in [6.07, 6.45) is 6.74. The summed E-state index contributed by atoms with van der Waals surface area (Å²) in [4.78, 5) is 9.66. The second kappa shape index (κ2) is 9.26. The van der Waals surface area contributed by atoms with Crippen molar-refractivity contribution >= 4 is 15.7 Å². The van der Waals surface area contributed by atoms with E-state index in [9.17, 15) is 8.42 Å². The van der Waals surface area contributed by atoms with Gasteiger partial charge in [0.15, 0.2) is 9.84 Å². The highest BCUT2D eigenvalue weighted by atomic mass is 32.2. The van der Waals surface area contributed by atoms with E-state index in [1.165, 1.54) is 25.7 Å². The predicted octanol–water partition coefficient (Wildman–Crippen LogP) is 3.48. The summed E-state index contributed by atoms with van der Waals surface area (Å²) in [6, 6.07) is 14.9. The van der Waals surface area contributed by atoms with E-state index in [1.807, 2.05) is 18.3 Å². The lowest BCUT2D eigenvalue weighted by Gasteiger charge is -2.40. The largest absolute Gasteiger partial charge is 0.357 e. The molecule has 2 saturated heterocycles. The molecule has 2 aliphatic rings. The van der Waals surface area contributed by atoms with Gasteiger partial charge in [-0.1, -0.05) is 24.3 Å². The number of anilines is 1. The van der Waals surface area contributed by atoms with Gasteiger partial charge in [0.25, 0.3) is 0 Å². The second-order valence-electron chi connectivity index (χ2n) is 8.32. The summed E-state index contributed by atoms with van der Waals surface area (Å²) in [6.45, 7) is 4.88. The fourth-order valence-corrected chi connectivity index (χ4v) is 6.09. The highest BCUT2D eigenvalue weighted by Crippen LogP contribution is 2.33. The molecular formula is C23H31N3O2S. The summed E-state index contributed by atoms with van der Waals surface area (Å²) in [5.74, 6) is 2.89. The average molecular weight is 414 g/mol. The van der Waals surface area contributed by atoms with Crippen LogP contribution in [0.5, 0.6) is 0 Å². The number of rotatable bonds is 6. The molecule has 0 radical (unpaired) electrons. The number of hydrogen-bond acceptors (Lipinski definition) is 5. The third kappa shape index (κ3) is 5.17. The first kappa shape index (κ1) is 20.4. The van der Waals surface area contributed by atoms with Crippen LogP contribution >= 0.6 is 0 Å². The first-order valence-corrected chi connectivity index (χ1v) is 12.4. The molecule has 0 N–H and O–H groups in total. The number of benzene rings is 1. The summed E-state index contributed by atoms with van der Waals surface area (Å²) in [7, 11) is -3.18. The van der Waals surface area contributed by atoms with Gasteiger partial charge in [0.2, 0.25) is 0 Å². The Labute approximate surface area is 174 Å². The van der Waals surface area contributed by atoms with E-state index in [0.29, 0.717) is 11.4 Å². The molecule has 0 bridgehead atoms. The highest BCUT2D eigenvalue weighted by molar-refractivity contribution is 7.91. The van der Waals surface area contributed by atoms with Crippen LogP contribution in [0, 0.1) is 11.8 Å². The van der Waals surface area contributed by atoms with E-state index in [1.54, 1.807) is 24.3 Å². The molecule has 2 fully saturated rings. The van der Waals surface area contributed by atoms with E-state index in [0.717, 1.165) is 43.8 Å². The number of pyridine rings is 1. The van der Waals surface area contributed by atoms with Gasteiger partial charge in [-0.3, -0.25) is 0 Å². The summed E-state index contributed by atoms with van der Waals surface area (Å²) < 4.78 is 25.0. The molecule has 2 aliphatic heterocycles. The molecular weight excluding hydrogens is 382 g/mol. The number of likely N-dealkylation sites (tertiary alicyclic amines) is 1. The van der Waals surface area contributed by atoms with E-state index in [-0.39, 0.29) is 5.75 Å². The van der Waals surface area contributed by atoms with E-state index < -0.39 is 9.84 Å². The van der Waals surface area contributed by atoms with Gasteiger partial charge in [0, 0.05) is 25.8 Å². The molecule has 3 heterocycles. The van der Waals surface area contributed by atoms with Crippen LogP contribution in [0.4, 0.5) is 5.82 Å². The maximum atomic E-state index is 12.5. The van der Waals surface area contributed by atoms with Crippen molar-refractivity contribution in [1.29, 1.82) is 0 Å². The Balaban J connectivity index is 1.21. The normalized spacial score (nSPS) is 20.1. The Morgan fingerprint density at radius 1 is 0.828 bits per heavy atom. The van der Waals surface area contributed by atoms with Crippen molar-refractivity contribution < 1.29 is 8.42 Å². The lowest BCUT2D eigenvalue weighted by Crippen LogP contribution is -2.42. The zero-order chi connectivity index (χ0) is 20.1. The van der Waals surface area contributed by atoms with Crippen molar-refractivity contribution in [3.8, 4) is 0 Å². The molecule has 0 atom stereocenters. The molecule has 2 aromatic rings. The van der Waals surface area contributed by atoms with Gasteiger partial charge in [0.05, 0.1) is 10.6 Å². The molecule has 6 heteroatoms. The molecule has 0 unspecified atom stereocenters. The quantitative estimate of drug-likeness (QED) is 0.726. The monoisotopic (exact) mass is 413 g/mol. The van der Waals surface area contributed by atoms with Crippen LogP contribution in [0.2, 0.25) is 0 Å². The molecule has 5 nitrogen and oxygen atoms in total. The standard InChI is InChI=1S/C23H31N3O2S/c27-29(28,22-6-2-1-3-7-22)19-18-25-14-9-20(10-15-25)21-11-16-26(17-12-21)23-8-4-5-13-24-23/h1-8,13,20-21H,9-12,14-19H2. The van der Waals surface area contributed by atoms with Crippen LogP contribution in [-0.2, 0) is 9.84 Å². The maximum absolute atomic E-state index is 12.5. The molecule has 0 spiro atoms. The fraction of sp³-hybridized carbons (Fsp3) is 0.522. The van der Waals surface area contributed by atoms with Crippen LogP contribution in [-0.4, -0.2) is 56.8 Å². The smallest absolute Gasteiger partial charge is 0.179 e. The number of sulfone groups is 1. The third-order valence-corrected chi connectivity index (χ3v) is 8.30. The van der Waals surface area contributed by atoms with Gasteiger partial charge in [-0.05, 0) is 74.9 Å². The predicted molar refractivity (Wildman–Crippen MR) is 117 cm³/mol. The van der Waals surface area contributed by atoms with Crippen LogP contribution in [0.3, 0.4) is 0 Å². The molecule has 1 aromatic carbocycles. The molecule has 4 rings (SSSR count). The number of piperidine rings is 2. The zero-order valence-electron chi connectivity index (χ0n) is 17.0. The Morgan fingerprint density at radius 3 is 2.07 bits per heavy atom. The van der Waals surface area contributed by atoms with Gasteiger partial charge in [0.1, 0.15) is 5.82 Å². The van der Waals surface area contributed by atoms with Crippen molar-refractivity contribution in [2.45, 2.75) is 30.6 Å². The topological polar surface area (TPSA) is 53.5 Å². The van der Waals surface area contributed by atoms with Gasteiger partial charge >= 0.3 is 0 Å². The third-order valence-electron chi connectivity index (χ3n) is 6.59. The number of hydrogen-bond donors (Lipinski definition) is 0. The summed E-state index contributed by atoms with van der Waals surface area (Å²) in [5.41, 5.74) is 0. The fourth-order valence-electron chi connectivity index (χ4n) is 4.78. The minimum atomic E-state index is -3.18. The zero-order valence-corrected chi connectivity index (χ0v) is 17.8. The van der Waals surface area contributed by atoms with Gasteiger partial charge < -0.3 is 9.80 Å². The SMILES string of the molecule is O=S(=O)(CCN1CCC(C2CCN(c3ccccn3)CC2)CC1)c1ccccc1. The van der Waals surface area contributed by atoms with Crippen LogP contribution < -0.4 is 4.90 Å². The Bertz CT molecular complexity index is 858. The van der Waals surface area contributed by atoms with Gasteiger partial charge in [-0.25, -0.2) is 13.4 Å². The van der Waals surface area contributed by atoms with Crippen molar-refractivity contribution in [3.63, 3.8) is 0 Å². The van der Waals surface area contributed by atoms with E-state index >= 15 is 0 Å². The van der Waals surface area contributed by atoms with Crippen molar-refractivity contribution in [2.75, 3.05) is 43.4 Å². The second-order valence-corrected chi connectivity index (χ2v) is 10.4. The molecule has 0 saturated carbocycles. The molecule has 156 valence electrons. The van der Waals surface area contributed by atoms with Crippen molar-refractivity contribution in [1.82, 2.24) is 9.88 Å². The summed E-state index contributed by atoms with van der Waals surface area (Å²) in [5, 5.41) is 0. The summed E-state index contributed by atoms with van der Waals surface area (Å²) >= 11 is 0. The Kier molecular flexibility index (Phi) is 6.50. The van der Waals surface area contributed by atoms with Crippen molar-refractivity contribution in [2.24, 2.45) is 11.8 Å². The average Bonchev–Trinajstić information content (AvgIpc) is 2.79. The van der Waals surface area contributed by atoms with Crippen LogP contribution in [0.15, 0.2) is 59.6 Å². The maximum Gasteiger partial charge on any atom is 0.179 e. The molecule has 29 heavy (non-hydrogen) atoms. The molecule has 0 aliphatic carbocycles. The number of aromatic nitrogens is 1. The lowest BCUT2D eigenvalue weighted by atomic mass is 9.79. The molecule has 0 amide bonds. The minimum Gasteiger partial charge on any atom is -0.357 e. The van der Waals surface area contributed by atoms with Crippen LogP contribution in [0.1, 0.15) is 25.7 Å². The Morgan fingerprint density at radius 2 is 1.45 bits per heavy atom. The first-order valence-electron chi connectivity index (χ1n) is 10.8. The van der Waals surface area contributed by atoms with Gasteiger partial charge in [-0.15, -0.1) is 0 Å². The first-order chi connectivity index (χ1) is 14.1. The van der Waals surface area contributed by atoms with Crippen molar-refractivity contribution in [3.05, 3.63) is 54.7 Å². The Hall–Kier alpha value is -1.92.